The van der Waals surface area contributed by atoms with Crippen molar-refractivity contribution in [3.05, 3.63) is 33.8 Å². The average molecular weight is 270 g/mol. The lowest BCUT2D eigenvalue weighted by atomic mass is 9.97. The van der Waals surface area contributed by atoms with Crippen LogP contribution in [0.1, 0.15) is 23.5 Å². The summed E-state index contributed by atoms with van der Waals surface area (Å²) in [6.45, 7) is 2.68. The van der Waals surface area contributed by atoms with Gasteiger partial charge in [0.05, 0.1) is 6.61 Å². The molecule has 82 valence electrons. The first-order valence-corrected chi connectivity index (χ1v) is 6.11. The van der Waals surface area contributed by atoms with Crippen LogP contribution < -0.4 is 5.32 Å². The van der Waals surface area contributed by atoms with Crippen LogP contribution >= 0.6 is 15.9 Å². The zero-order valence-corrected chi connectivity index (χ0v) is 10.5. The summed E-state index contributed by atoms with van der Waals surface area (Å²) in [6.07, 6.45) is 1.14. The summed E-state index contributed by atoms with van der Waals surface area (Å²) in [6, 6.07) is 6.61. The summed E-state index contributed by atoms with van der Waals surface area (Å²) >= 11 is 3.64. The Morgan fingerprint density at radius 2 is 2.40 bits per heavy atom. The van der Waals surface area contributed by atoms with Crippen molar-refractivity contribution < 1.29 is 4.74 Å². The van der Waals surface area contributed by atoms with E-state index >= 15 is 0 Å². The van der Waals surface area contributed by atoms with Crippen molar-refractivity contribution in [1.82, 2.24) is 5.32 Å². The van der Waals surface area contributed by atoms with E-state index in [4.69, 9.17) is 4.74 Å². The number of benzene rings is 1. The Bertz CT molecular complexity index is 334. The molecule has 15 heavy (non-hydrogen) atoms. The monoisotopic (exact) mass is 269 g/mol. The van der Waals surface area contributed by atoms with Gasteiger partial charge in [0.2, 0.25) is 0 Å². The zero-order valence-electron chi connectivity index (χ0n) is 8.92. The Kier molecular flexibility index (Phi) is 3.78. The number of ether oxygens (including phenoxy) is 1. The highest BCUT2D eigenvalue weighted by Crippen LogP contribution is 2.31. The molecule has 0 saturated carbocycles. The lowest BCUT2D eigenvalue weighted by Gasteiger charge is -2.12. The second-order valence-corrected chi connectivity index (χ2v) is 4.80. The molecule has 1 fully saturated rings. The highest BCUT2D eigenvalue weighted by atomic mass is 79.9. The topological polar surface area (TPSA) is 21.3 Å². The van der Waals surface area contributed by atoms with E-state index in [0.29, 0.717) is 5.92 Å². The smallest absolute Gasteiger partial charge is 0.0535 e. The van der Waals surface area contributed by atoms with E-state index in [9.17, 15) is 0 Å². The van der Waals surface area contributed by atoms with Crippen LogP contribution in [0.4, 0.5) is 0 Å². The standard InChI is InChI=1S/C12H16BrNO/c1-14-7-9-2-3-11(12(13)6-9)10-4-5-15-8-10/h2-3,6,10,14H,4-5,7-8H2,1H3. The molecule has 0 radical (unpaired) electrons. The minimum Gasteiger partial charge on any atom is -0.381 e. The highest BCUT2D eigenvalue weighted by molar-refractivity contribution is 9.10. The zero-order chi connectivity index (χ0) is 10.7. The molecule has 1 heterocycles. The van der Waals surface area contributed by atoms with Gasteiger partial charge in [-0.25, -0.2) is 0 Å². The van der Waals surface area contributed by atoms with Crippen LogP contribution in [-0.2, 0) is 11.3 Å². The SMILES string of the molecule is CNCc1ccc(C2CCOC2)c(Br)c1. The Hall–Kier alpha value is -0.380. The molecular formula is C12H16BrNO. The van der Waals surface area contributed by atoms with E-state index in [2.05, 4.69) is 39.4 Å². The molecule has 2 nitrogen and oxygen atoms in total. The van der Waals surface area contributed by atoms with Crippen LogP contribution in [0.15, 0.2) is 22.7 Å². The highest BCUT2D eigenvalue weighted by Gasteiger charge is 2.19. The molecule has 1 aliphatic heterocycles. The Labute approximate surface area is 99.1 Å². The quantitative estimate of drug-likeness (QED) is 0.911. The molecule has 0 aromatic heterocycles. The molecule has 2 rings (SSSR count). The van der Waals surface area contributed by atoms with Crippen molar-refractivity contribution in [2.24, 2.45) is 0 Å². The lowest BCUT2D eigenvalue weighted by Crippen LogP contribution is -2.06. The van der Waals surface area contributed by atoms with Crippen molar-refractivity contribution in [2.75, 3.05) is 20.3 Å². The first-order valence-electron chi connectivity index (χ1n) is 5.32. The first-order chi connectivity index (χ1) is 7.31. The summed E-state index contributed by atoms with van der Waals surface area (Å²) < 4.78 is 6.62. The van der Waals surface area contributed by atoms with E-state index in [0.717, 1.165) is 26.2 Å². The fourth-order valence-electron chi connectivity index (χ4n) is 2.00. The minimum atomic E-state index is 0.572. The van der Waals surface area contributed by atoms with Gasteiger partial charge in [-0.3, -0.25) is 0 Å². The van der Waals surface area contributed by atoms with Gasteiger partial charge < -0.3 is 10.1 Å². The third-order valence-electron chi connectivity index (χ3n) is 2.82. The van der Waals surface area contributed by atoms with Gasteiger partial charge in [-0.2, -0.15) is 0 Å². The summed E-state index contributed by atoms with van der Waals surface area (Å²) in [5.74, 6) is 0.572. The molecule has 1 unspecified atom stereocenters. The maximum atomic E-state index is 5.41. The van der Waals surface area contributed by atoms with Crippen LogP contribution in [0.3, 0.4) is 0 Å². The molecule has 1 aromatic carbocycles. The summed E-state index contributed by atoms with van der Waals surface area (Å²) in [5, 5.41) is 3.15. The van der Waals surface area contributed by atoms with Gasteiger partial charge in [0.1, 0.15) is 0 Å². The third-order valence-corrected chi connectivity index (χ3v) is 3.50. The van der Waals surface area contributed by atoms with Crippen molar-refractivity contribution in [3.8, 4) is 0 Å². The largest absolute Gasteiger partial charge is 0.381 e. The average Bonchev–Trinajstić information content (AvgIpc) is 2.71. The van der Waals surface area contributed by atoms with Gasteiger partial charge in [0, 0.05) is 23.5 Å². The number of nitrogens with one attached hydrogen (secondary N) is 1. The normalized spacial score (nSPS) is 20.8. The van der Waals surface area contributed by atoms with Crippen molar-refractivity contribution >= 4 is 15.9 Å². The van der Waals surface area contributed by atoms with Crippen LogP contribution in [-0.4, -0.2) is 20.3 Å². The molecule has 1 N–H and O–H groups in total. The summed E-state index contributed by atoms with van der Waals surface area (Å²) in [7, 11) is 1.96. The molecule has 1 aliphatic rings. The van der Waals surface area contributed by atoms with E-state index in [1.54, 1.807) is 0 Å². The van der Waals surface area contributed by atoms with Crippen LogP contribution in [0.5, 0.6) is 0 Å². The molecule has 1 aromatic rings. The molecule has 1 saturated heterocycles. The van der Waals surface area contributed by atoms with Gasteiger partial charge in [0.25, 0.3) is 0 Å². The number of halogens is 1. The maximum Gasteiger partial charge on any atom is 0.0535 e. The van der Waals surface area contributed by atoms with Crippen LogP contribution in [0, 0.1) is 0 Å². The molecule has 3 heteroatoms. The van der Waals surface area contributed by atoms with Crippen molar-refractivity contribution in [1.29, 1.82) is 0 Å². The van der Waals surface area contributed by atoms with E-state index < -0.39 is 0 Å². The molecule has 0 spiro atoms. The molecular weight excluding hydrogens is 254 g/mol. The first kappa shape index (κ1) is 11.1. The van der Waals surface area contributed by atoms with E-state index in [-0.39, 0.29) is 0 Å². The Balaban J connectivity index is 2.18. The lowest BCUT2D eigenvalue weighted by molar-refractivity contribution is 0.194. The molecule has 0 bridgehead atoms. The third kappa shape index (κ3) is 2.60. The van der Waals surface area contributed by atoms with Gasteiger partial charge in [-0.1, -0.05) is 28.1 Å². The summed E-state index contributed by atoms with van der Waals surface area (Å²) in [5.41, 5.74) is 2.69. The fraction of sp³-hybridized carbons (Fsp3) is 0.500. The number of rotatable bonds is 3. The maximum absolute atomic E-state index is 5.41. The second-order valence-electron chi connectivity index (χ2n) is 3.95. The Morgan fingerprint density at radius 1 is 1.53 bits per heavy atom. The second kappa shape index (κ2) is 5.10. The number of hydrogen-bond acceptors (Lipinski definition) is 2. The predicted molar refractivity (Wildman–Crippen MR) is 65.1 cm³/mol. The van der Waals surface area contributed by atoms with Crippen LogP contribution in [0.25, 0.3) is 0 Å². The van der Waals surface area contributed by atoms with Gasteiger partial charge in [0.15, 0.2) is 0 Å². The minimum absolute atomic E-state index is 0.572. The molecule has 1 atom stereocenters. The number of hydrogen-bond donors (Lipinski definition) is 1. The van der Waals surface area contributed by atoms with E-state index in [1.165, 1.54) is 15.6 Å². The van der Waals surface area contributed by atoms with Gasteiger partial charge >= 0.3 is 0 Å². The van der Waals surface area contributed by atoms with E-state index in [1.807, 2.05) is 7.05 Å². The predicted octanol–water partition coefficient (Wildman–Crippen LogP) is 2.67. The van der Waals surface area contributed by atoms with Crippen molar-refractivity contribution in [2.45, 2.75) is 18.9 Å². The fourth-order valence-corrected chi connectivity index (χ4v) is 2.75. The molecule has 0 amide bonds. The van der Waals surface area contributed by atoms with Crippen molar-refractivity contribution in [3.63, 3.8) is 0 Å². The van der Waals surface area contributed by atoms with Gasteiger partial charge in [-0.15, -0.1) is 0 Å². The van der Waals surface area contributed by atoms with Gasteiger partial charge in [-0.05, 0) is 30.7 Å². The Morgan fingerprint density at radius 3 is 3.00 bits per heavy atom. The molecule has 0 aliphatic carbocycles. The summed E-state index contributed by atoms with van der Waals surface area (Å²) in [4.78, 5) is 0. The van der Waals surface area contributed by atoms with Crippen LogP contribution in [0.2, 0.25) is 0 Å².